The van der Waals surface area contributed by atoms with Crippen molar-refractivity contribution < 1.29 is 0 Å². The summed E-state index contributed by atoms with van der Waals surface area (Å²) in [6.07, 6.45) is 1.55. The van der Waals surface area contributed by atoms with E-state index < -0.39 is 0 Å². The Balaban J connectivity index is 2.78. The Hall–Kier alpha value is -1.29. The summed E-state index contributed by atoms with van der Waals surface area (Å²) in [6.45, 7) is 5.34. The Morgan fingerprint density at radius 1 is 1.18 bits per heavy atom. The summed E-state index contributed by atoms with van der Waals surface area (Å²) < 4.78 is 0.668. The topological polar surface area (TPSA) is 72.8 Å². The third-order valence-corrected chi connectivity index (χ3v) is 3.86. The number of halogens is 1. The van der Waals surface area contributed by atoms with E-state index in [-0.39, 0.29) is 0 Å². The average molecular weight is 377 g/mol. The monoisotopic (exact) mass is 376 g/mol. The zero-order valence-corrected chi connectivity index (χ0v) is 15.3. The largest absolute Gasteiger partial charge is 0.362 e. The van der Waals surface area contributed by atoms with Gasteiger partial charge < -0.3 is 10.6 Å². The Bertz CT molecular complexity index is 569. The maximum absolute atomic E-state index is 5.96. The van der Waals surface area contributed by atoms with E-state index in [1.807, 2.05) is 19.9 Å². The standard InChI is InChI=1S/C12H17ClN6S3/c1-3-14-11(20)18-16-7-8(9-5-6-10(13)22-9)17-19-12(21)15-4-2/h5-7H,3-4H2,1-2H3,(H2,14,18,20)(H2,15,19,21)/b16-7-,17-8-. The molecule has 0 aliphatic rings. The van der Waals surface area contributed by atoms with E-state index in [0.717, 1.165) is 11.4 Å². The summed E-state index contributed by atoms with van der Waals surface area (Å²) in [7, 11) is 0. The second kappa shape index (κ2) is 10.4. The van der Waals surface area contributed by atoms with Gasteiger partial charge >= 0.3 is 0 Å². The number of hydrogen-bond acceptors (Lipinski definition) is 5. The first kappa shape index (κ1) is 18.8. The smallest absolute Gasteiger partial charge is 0.186 e. The molecule has 6 nitrogen and oxygen atoms in total. The number of hydrogen-bond donors (Lipinski definition) is 4. The summed E-state index contributed by atoms with van der Waals surface area (Å²) in [5, 5.41) is 15.0. The Kier molecular flexibility index (Phi) is 8.90. The molecular formula is C12H17ClN6S3. The maximum atomic E-state index is 5.96. The van der Waals surface area contributed by atoms with Crippen LogP contribution in [-0.2, 0) is 0 Å². The minimum absolute atomic E-state index is 0.437. The molecule has 0 saturated heterocycles. The summed E-state index contributed by atoms with van der Waals surface area (Å²) in [4.78, 5) is 0.858. The molecule has 0 bridgehead atoms. The van der Waals surface area contributed by atoms with Gasteiger partial charge in [-0.1, -0.05) is 11.6 Å². The zero-order valence-electron chi connectivity index (χ0n) is 12.1. The van der Waals surface area contributed by atoms with Crippen molar-refractivity contribution >= 4 is 69.5 Å². The number of thiocarbonyl (C=S) groups is 2. The molecular weight excluding hydrogens is 360 g/mol. The van der Waals surface area contributed by atoms with Crippen LogP contribution >= 0.6 is 47.4 Å². The molecule has 0 saturated carbocycles. The average Bonchev–Trinajstić information content (AvgIpc) is 2.89. The lowest BCUT2D eigenvalue weighted by atomic mass is 10.3. The van der Waals surface area contributed by atoms with Crippen LogP contribution in [0.1, 0.15) is 18.7 Å². The van der Waals surface area contributed by atoms with Crippen molar-refractivity contribution in [2.45, 2.75) is 13.8 Å². The number of rotatable bonds is 6. The van der Waals surface area contributed by atoms with Gasteiger partial charge in [-0.05, 0) is 50.4 Å². The van der Waals surface area contributed by atoms with Crippen molar-refractivity contribution in [1.29, 1.82) is 0 Å². The highest BCUT2D eigenvalue weighted by Crippen LogP contribution is 2.21. The minimum atomic E-state index is 0.437. The first-order valence-electron chi connectivity index (χ1n) is 6.51. The van der Waals surface area contributed by atoms with Crippen LogP contribution in [0.5, 0.6) is 0 Å². The predicted octanol–water partition coefficient (Wildman–Crippen LogP) is 2.06. The second-order valence-corrected chi connectivity index (χ2v) is 6.33. The zero-order chi connectivity index (χ0) is 16.4. The molecule has 4 N–H and O–H groups in total. The third-order valence-electron chi connectivity index (χ3n) is 2.13. The molecule has 0 aliphatic carbocycles. The van der Waals surface area contributed by atoms with Crippen molar-refractivity contribution in [3.63, 3.8) is 0 Å². The Labute approximate surface area is 149 Å². The molecule has 1 rings (SSSR count). The normalized spacial score (nSPS) is 11.3. The van der Waals surface area contributed by atoms with E-state index in [0.29, 0.717) is 26.8 Å². The number of thiophene rings is 1. The van der Waals surface area contributed by atoms with Gasteiger partial charge in [-0.3, -0.25) is 10.9 Å². The van der Waals surface area contributed by atoms with Crippen molar-refractivity contribution in [3.05, 3.63) is 21.3 Å². The van der Waals surface area contributed by atoms with E-state index >= 15 is 0 Å². The molecule has 1 heterocycles. The van der Waals surface area contributed by atoms with Gasteiger partial charge in [-0.15, -0.1) is 11.3 Å². The van der Waals surface area contributed by atoms with Gasteiger partial charge in [0.25, 0.3) is 0 Å². The highest BCUT2D eigenvalue weighted by molar-refractivity contribution is 7.80. The summed E-state index contributed by atoms with van der Waals surface area (Å²) in [5.41, 5.74) is 6.05. The Morgan fingerprint density at radius 2 is 1.82 bits per heavy atom. The highest BCUT2D eigenvalue weighted by Gasteiger charge is 2.05. The van der Waals surface area contributed by atoms with Gasteiger partial charge in [-0.2, -0.15) is 10.2 Å². The van der Waals surface area contributed by atoms with Gasteiger partial charge in [0.1, 0.15) is 5.71 Å². The minimum Gasteiger partial charge on any atom is -0.362 e. The third kappa shape index (κ3) is 7.12. The molecule has 1 aromatic heterocycles. The molecule has 22 heavy (non-hydrogen) atoms. The summed E-state index contributed by atoms with van der Waals surface area (Å²) in [6, 6.07) is 3.66. The van der Waals surface area contributed by atoms with Gasteiger partial charge in [-0.25, -0.2) is 0 Å². The van der Waals surface area contributed by atoms with E-state index in [4.69, 9.17) is 36.0 Å². The molecule has 0 aliphatic heterocycles. The fraction of sp³-hybridized carbons (Fsp3) is 0.333. The maximum Gasteiger partial charge on any atom is 0.186 e. The van der Waals surface area contributed by atoms with Crippen LogP contribution in [0.3, 0.4) is 0 Å². The Morgan fingerprint density at radius 3 is 2.36 bits per heavy atom. The van der Waals surface area contributed by atoms with Crippen molar-refractivity contribution in [2.24, 2.45) is 10.2 Å². The molecule has 0 atom stereocenters. The lowest BCUT2D eigenvalue weighted by Gasteiger charge is -2.05. The van der Waals surface area contributed by atoms with Gasteiger partial charge in [0.15, 0.2) is 10.2 Å². The van der Waals surface area contributed by atoms with Crippen molar-refractivity contribution in [2.75, 3.05) is 13.1 Å². The van der Waals surface area contributed by atoms with Crippen LogP contribution < -0.4 is 21.5 Å². The molecule has 0 aromatic carbocycles. The molecule has 0 unspecified atom stereocenters. The molecule has 10 heteroatoms. The molecule has 0 fully saturated rings. The summed E-state index contributed by atoms with van der Waals surface area (Å²) >= 11 is 17.4. The van der Waals surface area contributed by atoms with Crippen LogP contribution in [0.25, 0.3) is 0 Å². The van der Waals surface area contributed by atoms with Crippen LogP contribution in [0, 0.1) is 0 Å². The molecule has 1 aromatic rings. The molecule has 120 valence electrons. The SMILES string of the molecule is CCNC(=S)N/N=C\C(=N\NC(=S)NCC)c1ccc(Cl)s1. The fourth-order valence-corrected chi connectivity index (χ4v) is 2.65. The van der Waals surface area contributed by atoms with Gasteiger partial charge in [0, 0.05) is 13.1 Å². The molecule has 0 amide bonds. The number of nitrogens with one attached hydrogen (secondary N) is 4. The van der Waals surface area contributed by atoms with E-state index in [9.17, 15) is 0 Å². The molecule has 0 spiro atoms. The lowest BCUT2D eigenvalue weighted by Crippen LogP contribution is -2.33. The fourth-order valence-electron chi connectivity index (χ4n) is 1.26. The number of nitrogens with zero attached hydrogens (tertiary/aromatic N) is 2. The van der Waals surface area contributed by atoms with E-state index in [1.165, 1.54) is 11.3 Å². The van der Waals surface area contributed by atoms with Crippen molar-refractivity contribution in [3.8, 4) is 0 Å². The quantitative estimate of drug-likeness (QED) is 0.346. The first-order chi connectivity index (χ1) is 10.6. The number of hydrazone groups is 2. The first-order valence-corrected chi connectivity index (χ1v) is 8.52. The van der Waals surface area contributed by atoms with Crippen LogP contribution in [-0.4, -0.2) is 35.2 Å². The summed E-state index contributed by atoms with van der Waals surface area (Å²) in [5.74, 6) is 0. The van der Waals surface area contributed by atoms with Crippen LogP contribution in [0.15, 0.2) is 22.3 Å². The molecule has 0 radical (unpaired) electrons. The van der Waals surface area contributed by atoms with Gasteiger partial charge in [0.2, 0.25) is 0 Å². The predicted molar refractivity (Wildman–Crippen MR) is 103 cm³/mol. The van der Waals surface area contributed by atoms with E-state index in [1.54, 1.807) is 12.3 Å². The second-order valence-electron chi connectivity index (χ2n) is 3.80. The van der Waals surface area contributed by atoms with Gasteiger partial charge in [0.05, 0.1) is 15.4 Å². The van der Waals surface area contributed by atoms with Crippen molar-refractivity contribution in [1.82, 2.24) is 21.5 Å². The van der Waals surface area contributed by atoms with Crippen LogP contribution in [0.2, 0.25) is 4.34 Å². The highest BCUT2D eigenvalue weighted by atomic mass is 35.5. The van der Waals surface area contributed by atoms with Crippen LogP contribution in [0.4, 0.5) is 0 Å². The lowest BCUT2D eigenvalue weighted by molar-refractivity contribution is 0.900. The van der Waals surface area contributed by atoms with E-state index in [2.05, 4.69) is 31.7 Å².